The van der Waals surface area contributed by atoms with Crippen molar-refractivity contribution in [3.05, 3.63) is 72.8 Å². The van der Waals surface area contributed by atoms with E-state index in [0.717, 1.165) is 59.4 Å². The molecular formula is C25H23N7O. The summed E-state index contributed by atoms with van der Waals surface area (Å²) >= 11 is 0. The smallest absolute Gasteiger partial charge is 0.253 e. The van der Waals surface area contributed by atoms with Gasteiger partial charge in [0.25, 0.3) is 5.91 Å². The number of hydrogen-bond donors (Lipinski definition) is 2. The van der Waals surface area contributed by atoms with Crippen molar-refractivity contribution in [2.75, 3.05) is 18.4 Å². The maximum atomic E-state index is 12.8. The summed E-state index contributed by atoms with van der Waals surface area (Å²) in [6.07, 6.45) is 10.8. The first-order valence-electron chi connectivity index (χ1n) is 11.2. The summed E-state index contributed by atoms with van der Waals surface area (Å²) in [6, 6.07) is 13.7. The highest BCUT2D eigenvalue weighted by atomic mass is 16.2. The number of rotatable bonds is 4. The molecule has 0 radical (unpaired) electrons. The van der Waals surface area contributed by atoms with Gasteiger partial charge >= 0.3 is 0 Å². The van der Waals surface area contributed by atoms with Crippen molar-refractivity contribution in [1.82, 2.24) is 29.5 Å². The first-order valence-corrected chi connectivity index (χ1v) is 11.2. The van der Waals surface area contributed by atoms with Crippen molar-refractivity contribution >= 4 is 34.0 Å². The van der Waals surface area contributed by atoms with Gasteiger partial charge in [0.05, 0.1) is 17.4 Å². The van der Waals surface area contributed by atoms with E-state index in [2.05, 4.69) is 20.5 Å². The van der Waals surface area contributed by atoms with Gasteiger partial charge in [0, 0.05) is 53.9 Å². The Hall–Kier alpha value is -4.20. The number of nitrogens with zero attached hydrogens (tertiary/aromatic N) is 5. The number of nitrogens with one attached hydrogen (secondary N) is 2. The predicted molar refractivity (Wildman–Crippen MR) is 128 cm³/mol. The zero-order chi connectivity index (χ0) is 22.2. The average Bonchev–Trinajstić information content (AvgIpc) is 3.53. The maximum absolute atomic E-state index is 12.8. The monoisotopic (exact) mass is 437 g/mol. The van der Waals surface area contributed by atoms with E-state index in [-0.39, 0.29) is 5.91 Å². The van der Waals surface area contributed by atoms with E-state index in [4.69, 9.17) is 4.98 Å². The number of fused-ring (bicyclic) bond motifs is 2. The quantitative estimate of drug-likeness (QED) is 0.427. The molecule has 0 spiro atoms. The summed E-state index contributed by atoms with van der Waals surface area (Å²) in [5.74, 6) is 0.753. The van der Waals surface area contributed by atoms with Gasteiger partial charge in [-0.2, -0.15) is 5.10 Å². The van der Waals surface area contributed by atoms with Gasteiger partial charge in [-0.15, -0.1) is 0 Å². The number of carbonyl (C=O) groups excluding carboxylic acids is 1. The number of anilines is 2. The van der Waals surface area contributed by atoms with Crippen molar-refractivity contribution in [2.45, 2.75) is 19.3 Å². The third-order valence-electron chi connectivity index (χ3n) is 6.15. The number of hydrogen-bond acceptors (Lipinski definition) is 5. The number of aromatic amines is 1. The van der Waals surface area contributed by atoms with Crippen LogP contribution in [0.1, 0.15) is 29.6 Å². The highest BCUT2D eigenvalue weighted by molar-refractivity contribution is 5.94. The van der Waals surface area contributed by atoms with Crippen LogP contribution in [0.2, 0.25) is 0 Å². The predicted octanol–water partition coefficient (Wildman–Crippen LogP) is 4.64. The van der Waals surface area contributed by atoms with Crippen molar-refractivity contribution in [2.24, 2.45) is 0 Å². The normalized spacial score (nSPS) is 14.1. The molecule has 2 aromatic carbocycles. The Labute approximate surface area is 190 Å². The lowest BCUT2D eigenvalue weighted by atomic mass is 10.1. The minimum absolute atomic E-state index is 0.103. The van der Waals surface area contributed by atoms with Crippen molar-refractivity contribution < 1.29 is 4.79 Å². The highest BCUT2D eigenvalue weighted by Gasteiger charge is 2.18. The fraction of sp³-hybridized carbons (Fsp3) is 0.200. The Morgan fingerprint density at radius 2 is 1.88 bits per heavy atom. The van der Waals surface area contributed by atoms with Gasteiger partial charge in [-0.3, -0.25) is 9.89 Å². The SMILES string of the molecule is O=C(c1ccc(Nc2nc(-c3ccc4cn[nH]c4c3)cn3ccnc23)cc1)N1CCCCC1. The van der Waals surface area contributed by atoms with E-state index >= 15 is 0 Å². The molecule has 1 saturated heterocycles. The van der Waals surface area contributed by atoms with Crippen LogP contribution in [0.25, 0.3) is 27.8 Å². The summed E-state index contributed by atoms with van der Waals surface area (Å²) in [4.78, 5) is 24.0. The lowest BCUT2D eigenvalue weighted by Gasteiger charge is -2.26. The number of benzene rings is 2. The lowest BCUT2D eigenvalue weighted by Crippen LogP contribution is -2.35. The van der Waals surface area contributed by atoms with Crippen LogP contribution >= 0.6 is 0 Å². The number of imidazole rings is 1. The number of aromatic nitrogens is 5. The number of carbonyl (C=O) groups is 1. The fourth-order valence-corrected chi connectivity index (χ4v) is 4.36. The van der Waals surface area contributed by atoms with Gasteiger partial charge in [-0.05, 0) is 49.6 Å². The standard InChI is InChI=1S/C25H23N7O/c33-25(31-11-2-1-3-12-31)17-6-8-20(9-7-17)28-23-24-26-10-13-32(24)16-22(29-23)18-4-5-19-15-27-30-21(19)14-18/h4-10,13-16H,1-3,11-12H2,(H,27,30)(H,28,29). The average molecular weight is 438 g/mol. The Morgan fingerprint density at radius 1 is 1.03 bits per heavy atom. The second-order valence-electron chi connectivity index (χ2n) is 8.36. The molecule has 4 heterocycles. The van der Waals surface area contributed by atoms with Crippen LogP contribution in [0.3, 0.4) is 0 Å². The summed E-state index contributed by atoms with van der Waals surface area (Å²) in [5.41, 5.74) is 5.05. The van der Waals surface area contributed by atoms with Crippen molar-refractivity contribution in [1.29, 1.82) is 0 Å². The largest absolute Gasteiger partial charge is 0.339 e. The van der Waals surface area contributed by atoms with Gasteiger partial charge in [-0.1, -0.05) is 12.1 Å². The van der Waals surface area contributed by atoms with Crippen molar-refractivity contribution in [3.8, 4) is 11.3 Å². The summed E-state index contributed by atoms with van der Waals surface area (Å²) in [5, 5.41) is 11.5. The molecule has 164 valence electrons. The third-order valence-corrected chi connectivity index (χ3v) is 6.15. The van der Waals surface area contributed by atoms with Gasteiger partial charge in [0.2, 0.25) is 0 Å². The Balaban J connectivity index is 1.30. The number of piperidine rings is 1. The van der Waals surface area contributed by atoms with Crippen LogP contribution in [0, 0.1) is 0 Å². The summed E-state index contributed by atoms with van der Waals surface area (Å²) < 4.78 is 1.95. The third kappa shape index (κ3) is 3.69. The molecule has 8 heteroatoms. The van der Waals surface area contributed by atoms with E-state index < -0.39 is 0 Å². The van der Waals surface area contributed by atoms with Crippen LogP contribution in [-0.2, 0) is 0 Å². The molecule has 1 aliphatic heterocycles. The van der Waals surface area contributed by atoms with E-state index in [1.54, 1.807) is 12.4 Å². The summed E-state index contributed by atoms with van der Waals surface area (Å²) in [6.45, 7) is 1.69. The van der Waals surface area contributed by atoms with Crippen molar-refractivity contribution in [3.63, 3.8) is 0 Å². The summed E-state index contributed by atoms with van der Waals surface area (Å²) in [7, 11) is 0. The van der Waals surface area contributed by atoms with Gasteiger partial charge in [-0.25, -0.2) is 9.97 Å². The fourth-order valence-electron chi connectivity index (χ4n) is 4.36. The second kappa shape index (κ2) is 8.05. The number of H-pyrrole nitrogens is 1. The minimum atomic E-state index is 0.103. The van der Waals surface area contributed by atoms with E-state index in [1.165, 1.54) is 6.42 Å². The zero-order valence-corrected chi connectivity index (χ0v) is 18.0. The van der Waals surface area contributed by atoms with Gasteiger partial charge in [0.15, 0.2) is 11.5 Å². The zero-order valence-electron chi connectivity index (χ0n) is 18.0. The van der Waals surface area contributed by atoms with Crippen LogP contribution in [0.5, 0.6) is 0 Å². The molecule has 1 fully saturated rings. The molecule has 8 nitrogen and oxygen atoms in total. The molecule has 6 rings (SSSR count). The molecule has 0 bridgehead atoms. The minimum Gasteiger partial charge on any atom is -0.339 e. The van der Waals surface area contributed by atoms with E-state index in [9.17, 15) is 4.79 Å². The molecule has 3 aromatic heterocycles. The molecule has 1 amide bonds. The first-order chi connectivity index (χ1) is 16.2. The van der Waals surface area contributed by atoms with Gasteiger partial charge in [0.1, 0.15) is 0 Å². The molecule has 0 aliphatic carbocycles. The molecule has 5 aromatic rings. The highest BCUT2D eigenvalue weighted by Crippen LogP contribution is 2.27. The van der Waals surface area contributed by atoms with Crippen LogP contribution in [-0.4, -0.2) is 48.5 Å². The Bertz CT molecular complexity index is 1440. The van der Waals surface area contributed by atoms with Crippen LogP contribution in [0.4, 0.5) is 11.5 Å². The Morgan fingerprint density at radius 3 is 2.73 bits per heavy atom. The number of amides is 1. The number of likely N-dealkylation sites (tertiary alicyclic amines) is 1. The molecular weight excluding hydrogens is 414 g/mol. The van der Waals surface area contributed by atoms with E-state index in [1.807, 2.05) is 64.2 Å². The first kappa shape index (κ1) is 19.5. The molecule has 33 heavy (non-hydrogen) atoms. The molecule has 0 unspecified atom stereocenters. The van der Waals surface area contributed by atoms with Gasteiger partial charge < -0.3 is 14.6 Å². The topological polar surface area (TPSA) is 91.2 Å². The Kier molecular flexibility index (Phi) is 4.75. The molecule has 1 aliphatic rings. The lowest BCUT2D eigenvalue weighted by molar-refractivity contribution is 0.0724. The van der Waals surface area contributed by atoms with Crippen LogP contribution in [0.15, 0.2) is 67.3 Å². The second-order valence-corrected chi connectivity index (χ2v) is 8.36. The molecule has 0 saturated carbocycles. The van der Waals surface area contributed by atoms with Crippen LogP contribution < -0.4 is 5.32 Å². The molecule has 2 N–H and O–H groups in total. The maximum Gasteiger partial charge on any atom is 0.253 e. The molecule has 0 atom stereocenters. The van der Waals surface area contributed by atoms with E-state index in [0.29, 0.717) is 11.4 Å².